The van der Waals surface area contributed by atoms with E-state index in [0.717, 1.165) is 11.1 Å². The molecule has 2 N–H and O–H groups in total. The molecule has 12 heteroatoms. The third-order valence-electron chi connectivity index (χ3n) is 7.29. The van der Waals surface area contributed by atoms with Crippen LogP contribution in [0, 0.1) is 27.7 Å². The first-order valence-corrected chi connectivity index (χ1v) is 16.2. The van der Waals surface area contributed by atoms with Crippen molar-refractivity contribution in [2.45, 2.75) is 126 Å². The molecule has 12 nitrogen and oxygen atoms in total. The van der Waals surface area contributed by atoms with E-state index in [9.17, 15) is 28.8 Å². The summed E-state index contributed by atoms with van der Waals surface area (Å²) in [4.78, 5) is 73.1. The first-order valence-electron chi connectivity index (χ1n) is 16.2. The molecule has 0 aromatic heterocycles. The summed E-state index contributed by atoms with van der Waals surface area (Å²) in [6, 6.07) is 7.14. The monoisotopic (exact) mass is 682 g/mol. The number of nitrogens with one attached hydrogen (secondary N) is 2. The molecule has 2 amide bonds. The number of benzene rings is 2. The maximum atomic E-state index is 12.8. The summed E-state index contributed by atoms with van der Waals surface area (Å²) in [7, 11) is 0. The number of carbonyl (C=O) groups is 6. The van der Waals surface area contributed by atoms with Crippen LogP contribution in [0.15, 0.2) is 24.3 Å². The van der Waals surface area contributed by atoms with Crippen LogP contribution in [0.3, 0.4) is 0 Å². The van der Waals surface area contributed by atoms with Crippen molar-refractivity contribution in [2.75, 3.05) is 0 Å². The molecular formula is C37H50N2O10. The van der Waals surface area contributed by atoms with Gasteiger partial charge in [-0.2, -0.15) is 0 Å². The molecule has 0 radical (unpaired) electrons. The summed E-state index contributed by atoms with van der Waals surface area (Å²) in [6.45, 7) is 16.9. The van der Waals surface area contributed by atoms with E-state index in [2.05, 4.69) is 10.6 Å². The van der Waals surface area contributed by atoms with Gasteiger partial charge in [-0.15, -0.1) is 0 Å². The highest BCUT2D eigenvalue weighted by Crippen LogP contribution is 2.28. The van der Waals surface area contributed by atoms with Crippen molar-refractivity contribution in [2.24, 2.45) is 0 Å². The second-order valence-electron chi connectivity index (χ2n) is 13.7. The Bertz CT molecular complexity index is 1410. The zero-order valence-corrected chi connectivity index (χ0v) is 30.3. The van der Waals surface area contributed by atoms with Crippen molar-refractivity contribution in [1.29, 1.82) is 0 Å². The molecule has 2 aromatic carbocycles. The highest BCUT2D eigenvalue weighted by atomic mass is 16.5. The van der Waals surface area contributed by atoms with E-state index < -0.39 is 23.0 Å². The van der Waals surface area contributed by atoms with Gasteiger partial charge in [0.1, 0.15) is 24.7 Å². The van der Waals surface area contributed by atoms with Crippen LogP contribution in [0.5, 0.6) is 11.5 Å². The van der Waals surface area contributed by atoms with Crippen molar-refractivity contribution in [1.82, 2.24) is 10.6 Å². The highest BCUT2D eigenvalue weighted by molar-refractivity contribution is 5.82. The zero-order chi connectivity index (χ0) is 37.1. The molecule has 0 bridgehead atoms. The normalized spacial score (nSPS) is 11.3. The van der Waals surface area contributed by atoms with Crippen molar-refractivity contribution in [3.8, 4) is 11.5 Å². The molecule has 0 saturated carbocycles. The lowest BCUT2D eigenvalue weighted by Gasteiger charge is -2.26. The van der Waals surface area contributed by atoms with Crippen LogP contribution in [-0.2, 0) is 51.5 Å². The van der Waals surface area contributed by atoms with E-state index in [1.807, 2.05) is 0 Å². The maximum Gasteiger partial charge on any atom is 0.313 e. The Hall–Kier alpha value is -4.74. The quantitative estimate of drug-likeness (QED) is 0.176. The van der Waals surface area contributed by atoms with E-state index in [1.165, 1.54) is 13.8 Å². The third kappa shape index (κ3) is 14.5. The van der Waals surface area contributed by atoms with Gasteiger partial charge in [0.2, 0.25) is 11.8 Å². The molecule has 0 aliphatic rings. The Morgan fingerprint density at radius 2 is 0.878 bits per heavy atom. The molecule has 0 spiro atoms. The standard InChI is InChI=1S/C37H50N2O10/c1-22-14-28(20-46-26(5)40)15-23(2)34(22)48-32(44)18-36(7,8)38-30(42)12-11-13-31(43)39-37(9,10)19-33(45)49-35-24(3)16-29(17-25(35)4)21-47-27(6)41/h14-17H,11-13,18-21H2,1-10H3,(H,38,42)(H,39,43). The number of rotatable bonds is 16. The lowest BCUT2D eigenvalue weighted by atomic mass is 9.99. The van der Waals surface area contributed by atoms with Gasteiger partial charge in [-0.25, -0.2) is 0 Å². The Balaban J connectivity index is 1.81. The Morgan fingerprint density at radius 1 is 0.571 bits per heavy atom. The van der Waals surface area contributed by atoms with Crippen molar-refractivity contribution in [3.63, 3.8) is 0 Å². The molecule has 0 atom stereocenters. The fraction of sp³-hybridized carbons (Fsp3) is 0.514. The van der Waals surface area contributed by atoms with Crippen LogP contribution in [-0.4, -0.2) is 46.8 Å². The topological polar surface area (TPSA) is 163 Å². The predicted molar refractivity (Wildman–Crippen MR) is 182 cm³/mol. The number of hydrogen-bond acceptors (Lipinski definition) is 10. The summed E-state index contributed by atoms with van der Waals surface area (Å²) in [5.41, 5.74) is 2.59. The minimum Gasteiger partial charge on any atom is -0.461 e. The first kappa shape index (κ1) is 40.4. The van der Waals surface area contributed by atoms with Crippen LogP contribution >= 0.6 is 0 Å². The number of aryl methyl sites for hydroxylation is 4. The van der Waals surface area contributed by atoms with Gasteiger partial charge in [-0.1, -0.05) is 0 Å². The Labute approximate surface area is 288 Å². The number of hydrogen-bond donors (Lipinski definition) is 2. The van der Waals surface area contributed by atoms with Crippen molar-refractivity contribution < 1.29 is 47.7 Å². The highest BCUT2D eigenvalue weighted by Gasteiger charge is 2.28. The average molecular weight is 683 g/mol. The first-order chi connectivity index (χ1) is 22.7. The van der Waals surface area contributed by atoms with Gasteiger partial charge in [-0.3, -0.25) is 28.8 Å². The van der Waals surface area contributed by atoms with Crippen LogP contribution in [0.1, 0.15) is 107 Å². The Morgan fingerprint density at radius 3 is 1.16 bits per heavy atom. The number of esters is 4. The van der Waals surface area contributed by atoms with Crippen LogP contribution in [0.25, 0.3) is 0 Å². The van der Waals surface area contributed by atoms with Gasteiger partial charge in [0.25, 0.3) is 0 Å². The number of ether oxygens (including phenoxy) is 4. The summed E-state index contributed by atoms with van der Waals surface area (Å²) < 4.78 is 21.3. The summed E-state index contributed by atoms with van der Waals surface area (Å²) >= 11 is 0. The second-order valence-corrected chi connectivity index (χ2v) is 13.7. The predicted octanol–water partition coefficient (Wildman–Crippen LogP) is 5.30. The molecule has 0 aliphatic heterocycles. The van der Waals surface area contributed by atoms with E-state index in [4.69, 9.17) is 18.9 Å². The van der Waals surface area contributed by atoms with Gasteiger partial charge in [0.05, 0.1) is 12.8 Å². The van der Waals surface area contributed by atoms with Crippen molar-refractivity contribution in [3.05, 3.63) is 57.6 Å². The summed E-state index contributed by atoms with van der Waals surface area (Å²) in [5, 5.41) is 5.66. The molecule has 0 heterocycles. The van der Waals surface area contributed by atoms with Gasteiger partial charge >= 0.3 is 23.9 Å². The van der Waals surface area contributed by atoms with E-state index in [-0.39, 0.29) is 69.1 Å². The largest absolute Gasteiger partial charge is 0.461 e. The molecule has 0 fully saturated rings. The number of amides is 2. The molecule has 2 aromatic rings. The van der Waals surface area contributed by atoms with Crippen LogP contribution < -0.4 is 20.1 Å². The minimum absolute atomic E-state index is 0.0579. The summed E-state index contributed by atoms with van der Waals surface area (Å²) in [6.07, 6.45) is 0.198. The molecule has 0 unspecified atom stereocenters. The van der Waals surface area contributed by atoms with Crippen LogP contribution in [0.2, 0.25) is 0 Å². The van der Waals surface area contributed by atoms with Gasteiger partial charge in [0.15, 0.2) is 0 Å². The Kier molecular flexibility index (Phi) is 14.5. The SMILES string of the molecule is CC(=O)OCc1cc(C)c(OC(=O)CC(C)(C)NC(=O)CCCC(=O)NC(C)(C)CC(=O)Oc2c(C)cc(COC(C)=O)cc2C)c(C)c1. The van der Waals surface area contributed by atoms with Gasteiger partial charge in [0, 0.05) is 37.8 Å². The molecule has 0 aliphatic carbocycles. The second kappa shape index (κ2) is 17.6. The lowest BCUT2D eigenvalue weighted by molar-refractivity contribution is -0.143. The molecule has 2 rings (SSSR count). The lowest BCUT2D eigenvalue weighted by Crippen LogP contribution is -2.46. The number of carbonyl (C=O) groups excluding carboxylic acids is 6. The van der Waals surface area contributed by atoms with Crippen LogP contribution in [0.4, 0.5) is 0 Å². The van der Waals surface area contributed by atoms with Crippen molar-refractivity contribution >= 4 is 35.7 Å². The molecule has 49 heavy (non-hydrogen) atoms. The molecular weight excluding hydrogens is 632 g/mol. The maximum absolute atomic E-state index is 12.8. The fourth-order valence-corrected chi connectivity index (χ4v) is 5.34. The molecule has 0 saturated heterocycles. The van der Waals surface area contributed by atoms with E-state index in [0.29, 0.717) is 33.8 Å². The summed E-state index contributed by atoms with van der Waals surface area (Å²) in [5.74, 6) is -1.63. The van der Waals surface area contributed by atoms with Gasteiger partial charge in [-0.05, 0) is 119 Å². The average Bonchev–Trinajstić information content (AvgIpc) is 2.93. The van der Waals surface area contributed by atoms with Gasteiger partial charge < -0.3 is 29.6 Å². The third-order valence-corrected chi connectivity index (χ3v) is 7.29. The minimum atomic E-state index is -0.908. The fourth-order valence-electron chi connectivity index (χ4n) is 5.34. The zero-order valence-electron chi connectivity index (χ0n) is 30.3. The van der Waals surface area contributed by atoms with E-state index in [1.54, 1.807) is 79.7 Å². The smallest absolute Gasteiger partial charge is 0.313 e. The van der Waals surface area contributed by atoms with E-state index >= 15 is 0 Å². The molecule has 268 valence electrons.